The molecule has 0 fully saturated rings. The van der Waals surface area contributed by atoms with Gasteiger partial charge in [-0.2, -0.15) is 18.3 Å². The van der Waals surface area contributed by atoms with Gasteiger partial charge < -0.3 is 10.1 Å². The van der Waals surface area contributed by atoms with E-state index in [0.717, 1.165) is 4.90 Å². The van der Waals surface area contributed by atoms with E-state index in [1.54, 1.807) is 12.1 Å². The topological polar surface area (TPSA) is 93.5 Å². The molecule has 4 rings (SSSR count). The van der Waals surface area contributed by atoms with Crippen molar-refractivity contribution in [1.29, 1.82) is 0 Å². The predicted octanol–water partition coefficient (Wildman–Crippen LogP) is 1.39. The quantitative estimate of drug-likeness (QED) is 0.735. The zero-order chi connectivity index (χ0) is 21.5. The first-order chi connectivity index (χ1) is 14.3. The van der Waals surface area contributed by atoms with Crippen LogP contribution in [0.15, 0.2) is 24.3 Å². The third kappa shape index (κ3) is 3.56. The van der Waals surface area contributed by atoms with Crippen LogP contribution in [0.25, 0.3) is 0 Å². The van der Waals surface area contributed by atoms with Crippen LogP contribution in [0.4, 0.5) is 13.2 Å². The molecule has 0 unspecified atom stereocenters. The number of fused-ring (bicyclic) bond motifs is 2. The van der Waals surface area contributed by atoms with Crippen molar-refractivity contribution in [3.63, 3.8) is 0 Å². The zero-order valence-electron chi connectivity index (χ0n) is 15.7. The molecule has 11 heteroatoms. The number of imide groups is 1. The number of rotatable bonds is 5. The van der Waals surface area contributed by atoms with Gasteiger partial charge in [-0.05, 0) is 12.1 Å². The molecule has 0 saturated carbocycles. The number of aromatic nitrogens is 2. The van der Waals surface area contributed by atoms with Crippen molar-refractivity contribution in [3.05, 3.63) is 52.3 Å². The Kier molecular flexibility index (Phi) is 5.06. The highest BCUT2D eigenvalue weighted by atomic mass is 19.4. The normalized spacial score (nSPS) is 15.9. The first-order valence-electron chi connectivity index (χ1n) is 9.23. The number of nitrogens with zero attached hydrogens (tertiary/aromatic N) is 3. The van der Waals surface area contributed by atoms with Crippen molar-refractivity contribution in [1.82, 2.24) is 20.0 Å². The van der Waals surface area contributed by atoms with Gasteiger partial charge in [0, 0.05) is 24.2 Å². The number of carbonyl (C=O) groups is 3. The first kappa shape index (κ1) is 20.1. The molecule has 0 bridgehead atoms. The minimum absolute atomic E-state index is 0.00568. The first-order valence-corrected chi connectivity index (χ1v) is 9.23. The molecule has 1 aromatic carbocycles. The molecule has 2 aliphatic heterocycles. The fourth-order valence-corrected chi connectivity index (χ4v) is 3.60. The van der Waals surface area contributed by atoms with Crippen molar-refractivity contribution >= 4 is 17.7 Å². The molecule has 0 aliphatic carbocycles. The second-order valence-electron chi connectivity index (χ2n) is 6.89. The number of benzene rings is 1. The van der Waals surface area contributed by atoms with Crippen LogP contribution in [0.5, 0.6) is 0 Å². The fraction of sp³-hybridized carbons (Fsp3) is 0.368. The average Bonchev–Trinajstić information content (AvgIpc) is 3.20. The Morgan fingerprint density at radius 2 is 1.83 bits per heavy atom. The van der Waals surface area contributed by atoms with Gasteiger partial charge in [-0.3, -0.25) is 24.0 Å². The lowest BCUT2D eigenvalue weighted by Crippen LogP contribution is -2.41. The van der Waals surface area contributed by atoms with Gasteiger partial charge in [-0.25, -0.2) is 0 Å². The Bertz CT molecular complexity index is 996. The van der Waals surface area contributed by atoms with Gasteiger partial charge in [0.1, 0.15) is 6.54 Å². The molecule has 0 radical (unpaired) electrons. The minimum Gasteiger partial charge on any atom is -0.376 e. The fourth-order valence-electron chi connectivity index (χ4n) is 3.60. The molecule has 3 heterocycles. The largest absolute Gasteiger partial charge is 0.435 e. The zero-order valence-corrected chi connectivity index (χ0v) is 15.7. The lowest BCUT2D eigenvalue weighted by molar-refractivity contribution is -0.142. The molecule has 0 spiro atoms. The molecule has 2 aromatic rings. The van der Waals surface area contributed by atoms with Crippen LogP contribution in [0.2, 0.25) is 0 Å². The third-order valence-electron chi connectivity index (χ3n) is 4.99. The van der Waals surface area contributed by atoms with Crippen LogP contribution >= 0.6 is 0 Å². The Hall–Kier alpha value is -3.21. The number of nitrogens with one attached hydrogen (secondary N) is 1. The maximum absolute atomic E-state index is 13.2. The van der Waals surface area contributed by atoms with Crippen molar-refractivity contribution < 1.29 is 32.3 Å². The highest BCUT2D eigenvalue weighted by Crippen LogP contribution is 2.34. The lowest BCUT2D eigenvalue weighted by atomic mass is 10.1. The van der Waals surface area contributed by atoms with E-state index >= 15 is 0 Å². The second kappa shape index (κ2) is 7.56. The van der Waals surface area contributed by atoms with Crippen molar-refractivity contribution in [2.24, 2.45) is 0 Å². The van der Waals surface area contributed by atoms with Gasteiger partial charge in [0.15, 0.2) is 5.69 Å². The molecule has 1 N–H and O–H groups in total. The molecular weight excluding hydrogens is 405 g/mol. The summed E-state index contributed by atoms with van der Waals surface area (Å²) in [5.74, 6) is -1.70. The summed E-state index contributed by atoms with van der Waals surface area (Å²) in [5.41, 5.74) is -0.0513. The number of carbonyl (C=O) groups excluding carboxylic acids is 3. The Morgan fingerprint density at radius 3 is 2.47 bits per heavy atom. The number of amides is 3. The lowest BCUT2D eigenvalue weighted by Gasteiger charge is -2.16. The SMILES string of the molecule is O=C(CN1C(=O)c2ccccc2C1=O)NCCn1nc(C(F)(F)F)c2c1CCOC2. The highest BCUT2D eigenvalue weighted by molar-refractivity contribution is 6.22. The van der Waals surface area contributed by atoms with E-state index in [1.807, 2.05) is 0 Å². The monoisotopic (exact) mass is 422 g/mol. The summed E-state index contributed by atoms with van der Waals surface area (Å²) in [6, 6.07) is 6.27. The average molecular weight is 422 g/mol. The summed E-state index contributed by atoms with van der Waals surface area (Å²) in [5, 5.41) is 6.18. The molecule has 158 valence electrons. The summed E-state index contributed by atoms with van der Waals surface area (Å²) >= 11 is 0. The molecule has 0 atom stereocenters. The maximum Gasteiger partial charge on any atom is 0.435 e. The van der Waals surface area contributed by atoms with Crippen molar-refractivity contribution in [2.75, 3.05) is 19.7 Å². The van der Waals surface area contributed by atoms with E-state index in [1.165, 1.54) is 16.8 Å². The molecule has 1 aromatic heterocycles. The van der Waals surface area contributed by atoms with Crippen LogP contribution < -0.4 is 5.32 Å². The van der Waals surface area contributed by atoms with E-state index in [0.29, 0.717) is 18.7 Å². The Morgan fingerprint density at radius 1 is 1.17 bits per heavy atom. The summed E-state index contributed by atoms with van der Waals surface area (Å²) in [4.78, 5) is 37.6. The molecule has 8 nitrogen and oxygen atoms in total. The minimum atomic E-state index is -4.59. The van der Waals surface area contributed by atoms with Crippen LogP contribution in [0.3, 0.4) is 0 Å². The smallest absolute Gasteiger partial charge is 0.376 e. The van der Waals surface area contributed by atoms with E-state index in [9.17, 15) is 27.6 Å². The second-order valence-corrected chi connectivity index (χ2v) is 6.89. The van der Waals surface area contributed by atoms with E-state index in [4.69, 9.17) is 4.74 Å². The summed E-state index contributed by atoms with van der Waals surface area (Å²) in [7, 11) is 0. The van der Waals surface area contributed by atoms with Crippen LogP contribution in [-0.2, 0) is 35.3 Å². The number of alkyl halides is 3. The van der Waals surface area contributed by atoms with Gasteiger partial charge in [-0.15, -0.1) is 0 Å². The summed E-state index contributed by atoms with van der Waals surface area (Å²) in [6.45, 7) is -0.315. The van der Waals surface area contributed by atoms with Gasteiger partial charge >= 0.3 is 6.18 Å². The van der Waals surface area contributed by atoms with E-state index < -0.39 is 36.1 Å². The Balaban J connectivity index is 1.38. The summed E-state index contributed by atoms with van der Waals surface area (Å²) in [6.07, 6.45) is -4.30. The number of hydrogen-bond donors (Lipinski definition) is 1. The summed E-state index contributed by atoms with van der Waals surface area (Å²) < 4.78 is 45.9. The number of halogens is 3. The van der Waals surface area contributed by atoms with E-state index in [-0.39, 0.29) is 36.4 Å². The number of ether oxygens (including phenoxy) is 1. The van der Waals surface area contributed by atoms with Crippen LogP contribution in [-0.4, -0.2) is 52.1 Å². The Labute approximate surface area is 168 Å². The molecule has 2 aliphatic rings. The van der Waals surface area contributed by atoms with Crippen molar-refractivity contribution in [2.45, 2.75) is 25.7 Å². The maximum atomic E-state index is 13.2. The standard InChI is InChI=1S/C19H17F3N4O4/c20-19(21,22)16-13-10-30-8-5-14(13)26(24-16)7-6-23-15(27)9-25-17(28)11-3-1-2-4-12(11)18(25)29/h1-4H,5-10H2,(H,23,27). The van der Waals surface area contributed by atoms with E-state index in [2.05, 4.69) is 10.4 Å². The third-order valence-corrected chi connectivity index (χ3v) is 4.99. The highest BCUT2D eigenvalue weighted by Gasteiger charge is 2.40. The van der Waals surface area contributed by atoms with Gasteiger partial charge in [-0.1, -0.05) is 12.1 Å². The predicted molar refractivity (Wildman–Crippen MR) is 95.4 cm³/mol. The molecule has 0 saturated heterocycles. The van der Waals surface area contributed by atoms with Gasteiger partial charge in [0.2, 0.25) is 5.91 Å². The molecular formula is C19H17F3N4O4. The molecule has 3 amide bonds. The number of hydrogen-bond acceptors (Lipinski definition) is 5. The molecule has 30 heavy (non-hydrogen) atoms. The van der Waals surface area contributed by atoms with Crippen LogP contribution in [0, 0.1) is 0 Å². The van der Waals surface area contributed by atoms with Crippen LogP contribution in [0.1, 0.15) is 37.7 Å². The van der Waals surface area contributed by atoms with Gasteiger partial charge in [0.25, 0.3) is 11.8 Å². The van der Waals surface area contributed by atoms with Crippen molar-refractivity contribution in [3.8, 4) is 0 Å². The van der Waals surface area contributed by atoms with Gasteiger partial charge in [0.05, 0.1) is 30.9 Å².